The topological polar surface area (TPSA) is 105 Å². The van der Waals surface area contributed by atoms with Crippen LogP contribution >= 0.6 is 27.3 Å². The first kappa shape index (κ1) is 24.1. The number of nitro groups is 1. The highest BCUT2D eigenvalue weighted by Gasteiger charge is 2.28. The molecule has 8 nitrogen and oxygen atoms in total. The number of nitro benzene ring substituents is 1. The van der Waals surface area contributed by atoms with Crippen LogP contribution in [-0.2, 0) is 24.2 Å². The van der Waals surface area contributed by atoms with E-state index in [0.717, 1.165) is 23.5 Å². The average molecular weight is 544 g/mol. The highest BCUT2D eigenvalue weighted by atomic mass is 79.9. The van der Waals surface area contributed by atoms with Gasteiger partial charge in [0.15, 0.2) is 0 Å². The number of esters is 1. The van der Waals surface area contributed by atoms with Gasteiger partial charge < -0.3 is 9.84 Å². The van der Waals surface area contributed by atoms with Crippen molar-refractivity contribution >= 4 is 50.1 Å². The number of rotatable bonds is 7. The molecule has 0 radical (unpaired) electrons. The normalized spacial score (nSPS) is 13.7. The predicted molar refractivity (Wildman–Crippen MR) is 134 cm³/mol. The smallest absolute Gasteiger partial charge is 0.341 e. The molecule has 0 atom stereocenters. The van der Waals surface area contributed by atoms with Crippen LogP contribution in [0.2, 0.25) is 0 Å². The molecular weight excluding hydrogens is 522 g/mol. The molecule has 1 aliphatic heterocycles. The summed E-state index contributed by atoms with van der Waals surface area (Å²) >= 11 is 4.57. The fraction of sp³-hybridized carbons (Fsp3) is 0.250. The zero-order valence-corrected chi connectivity index (χ0v) is 20.8. The summed E-state index contributed by atoms with van der Waals surface area (Å²) in [5, 5.41) is 21.6. The van der Waals surface area contributed by atoms with E-state index >= 15 is 0 Å². The minimum Gasteiger partial charge on any atom is -0.501 e. The van der Waals surface area contributed by atoms with Gasteiger partial charge in [-0.05, 0) is 46.5 Å². The molecule has 0 spiro atoms. The number of hydrogen-bond acceptors (Lipinski definition) is 8. The van der Waals surface area contributed by atoms with Gasteiger partial charge in [0, 0.05) is 42.4 Å². The van der Waals surface area contributed by atoms with Crippen molar-refractivity contribution in [2.45, 2.75) is 26.4 Å². The summed E-state index contributed by atoms with van der Waals surface area (Å²) in [6, 6.07) is 13.0. The maximum Gasteiger partial charge on any atom is 0.341 e. The molecule has 34 heavy (non-hydrogen) atoms. The Bertz CT molecular complexity index is 1260. The number of hydrogen-bond donors (Lipinski definition) is 1. The van der Waals surface area contributed by atoms with Gasteiger partial charge >= 0.3 is 11.7 Å². The summed E-state index contributed by atoms with van der Waals surface area (Å²) in [5.41, 5.74) is 2.64. The van der Waals surface area contributed by atoms with Gasteiger partial charge in [0.2, 0.25) is 5.75 Å². The lowest BCUT2D eigenvalue weighted by atomic mass is 10.0. The van der Waals surface area contributed by atoms with E-state index in [1.165, 1.54) is 35.2 Å². The van der Waals surface area contributed by atoms with E-state index in [4.69, 9.17) is 4.74 Å². The van der Waals surface area contributed by atoms with Gasteiger partial charge in [-0.3, -0.25) is 15.0 Å². The maximum absolute atomic E-state index is 12.8. The monoisotopic (exact) mass is 543 g/mol. The van der Waals surface area contributed by atoms with Gasteiger partial charge in [0.05, 0.1) is 21.6 Å². The number of nitrogens with zero attached hydrogens (tertiary/aromatic N) is 3. The number of carbonyl (C=O) groups is 1. The molecule has 4 rings (SSSR count). The van der Waals surface area contributed by atoms with Crippen LogP contribution < -0.4 is 0 Å². The standard InChI is InChI=1S/C24H22BrN3O5S/c1-2-33-24(30)21-17-8-9-27(13-15-6-4-3-5-7-15)14-20(17)34-23(21)26-12-16-10-18(25)22(29)19(11-16)28(31)32/h3-7,10-12,29H,2,8-9,13-14H2,1H3. The molecule has 0 fully saturated rings. The Kier molecular flexibility index (Phi) is 7.40. The molecule has 1 aromatic heterocycles. The third-order valence-corrected chi connectivity index (χ3v) is 7.17. The molecule has 3 aromatic rings. The highest BCUT2D eigenvalue weighted by Crippen LogP contribution is 2.40. The van der Waals surface area contributed by atoms with Crippen molar-refractivity contribution in [2.24, 2.45) is 4.99 Å². The number of thiophene rings is 1. The number of aromatic hydroxyl groups is 1. The summed E-state index contributed by atoms with van der Waals surface area (Å²) in [6.07, 6.45) is 2.16. The van der Waals surface area contributed by atoms with Gasteiger partial charge in [-0.15, -0.1) is 11.3 Å². The second kappa shape index (κ2) is 10.5. The van der Waals surface area contributed by atoms with Crippen molar-refractivity contribution in [3.63, 3.8) is 0 Å². The second-order valence-electron chi connectivity index (χ2n) is 7.74. The number of carbonyl (C=O) groups excluding carboxylic acids is 1. The van der Waals surface area contributed by atoms with Crippen LogP contribution in [0.3, 0.4) is 0 Å². The fourth-order valence-corrected chi connectivity index (χ4v) is 5.56. The van der Waals surface area contributed by atoms with Gasteiger partial charge in [-0.25, -0.2) is 9.79 Å². The first-order chi connectivity index (χ1) is 16.4. The SMILES string of the molecule is CCOC(=O)c1c(N=Cc2cc(Br)c(O)c([N+](=O)[O-])c2)sc2c1CCN(Cc1ccccc1)C2. The molecule has 10 heteroatoms. The Labute approximate surface area is 208 Å². The van der Waals surface area contributed by atoms with E-state index in [0.29, 0.717) is 29.1 Å². The minimum atomic E-state index is -0.660. The molecule has 2 heterocycles. The molecule has 2 aromatic carbocycles. The minimum absolute atomic E-state index is 0.191. The van der Waals surface area contributed by atoms with Gasteiger partial charge in [0.25, 0.3) is 0 Å². The third kappa shape index (κ3) is 5.19. The molecular formula is C24H22BrN3O5S. The predicted octanol–water partition coefficient (Wildman–Crippen LogP) is 5.61. The largest absolute Gasteiger partial charge is 0.501 e. The lowest BCUT2D eigenvalue weighted by molar-refractivity contribution is -0.386. The molecule has 0 saturated heterocycles. The maximum atomic E-state index is 12.8. The molecule has 1 N–H and O–H groups in total. The first-order valence-corrected chi connectivity index (χ1v) is 12.3. The zero-order chi connectivity index (χ0) is 24.2. The summed E-state index contributed by atoms with van der Waals surface area (Å²) in [4.78, 5) is 31.3. The summed E-state index contributed by atoms with van der Waals surface area (Å²) in [5.74, 6) is -0.860. The van der Waals surface area contributed by atoms with E-state index < -0.39 is 22.3 Å². The average Bonchev–Trinajstić information content (AvgIpc) is 3.18. The molecule has 0 bridgehead atoms. The van der Waals surface area contributed by atoms with E-state index in [-0.39, 0.29) is 11.1 Å². The van der Waals surface area contributed by atoms with E-state index in [1.54, 1.807) is 6.92 Å². The number of phenols is 1. The Morgan fingerprint density at radius 1 is 1.35 bits per heavy atom. The first-order valence-electron chi connectivity index (χ1n) is 10.7. The summed E-state index contributed by atoms with van der Waals surface area (Å²) in [7, 11) is 0. The van der Waals surface area contributed by atoms with Crippen molar-refractivity contribution in [1.29, 1.82) is 0 Å². The molecule has 0 unspecified atom stereocenters. The van der Waals surface area contributed by atoms with Crippen LogP contribution in [-0.4, -0.2) is 40.3 Å². The van der Waals surface area contributed by atoms with Crippen LogP contribution in [0.15, 0.2) is 51.9 Å². The van der Waals surface area contributed by atoms with E-state index in [9.17, 15) is 20.0 Å². The molecule has 0 amide bonds. The van der Waals surface area contributed by atoms with Crippen molar-refractivity contribution in [1.82, 2.24) is 4.90 Å². The zero-order valence-electron chi connectivity index (χ0n) is 18.4. The molecule has 0 saturated carbocycles. The Hall–Kier alpha value is -3.08. The van der Waals surface area contributed by atoms with Crippen molar-refractivity contribution in [2.75, 3.05) is 13.2 Å². The summed E-state index contributed by atoms with van der Waals surface area (Å²) < 4.78 is 5.49. The number of aliphatic imine (C=N–C) groups is 1. The van der Waals surface area contributed by atoms with E-state index in [1.807, 2.05) is 18.2 Å². The number of phenolic OH excluding ortho intramolecular Hbond substituents is 1. The van der Waals surface area contributed by atoms with Crippen LogP contribution in [0.1, 0.15) is 38.8 Å². The number of halogens is 1. The summed E-state index contributed by atoms with van der Waals surface area (Å²) in [6.45, 7) is 4.34. The van der Waals surface area contributed by atoms with Crippen molar-refractivity contribution in [3.05, 3.63) is 84.2 Å². The number of fused-ring (bicyclic) bond motifs is 1. The molecule has 0 aliphatic carbocycles. The quantitative estimate of drug-likeness (QED) is 0.179. The molecule has 176 valence electrons. The lowest BCUT2D eigenvalue weighted by Crippen LogP contribution is -2.29. The second-order valence-corrected chi connectivity index (χ2v) is 9.67. The van der Waals surface area contributed by atoms with Crippen LogP contribution in [0.4, 0.5) is 10.7 Å². The Morgan fingerprint density at radius 2 is 2.12 bits per heavy atom. The van der Waals surface area contributed by atoms with Gasteiger partial charge in [-0.1, -0.05) is 30.3 Å². The molecule has 1 aliphatic rings. The Morgan fingerprint density at radius 3 is 2.82 bits per heavy atom. The van der Waals surface area contributed by atoms with Gasteiger partial charge in [0.1, 0.15) is 5.00 Å². The van der Waals surface area contributed by atoms with Crippen LogP contribution in [0.25, 0.3) is 0 Å². The van der Waals surface area contributed by atoms with Gasteiger partial charge in [-0.2, -0.15) is 0 Å². The lowest BCUT2D eigenvalue weighted by Gasteiger charge is -2.27. The fourth-order valence-electron chi connectivity index (χ4n) is 3.88. The number of ether oxygens (including phenoxy) is 1. The number of benzene rings is 2. The van der Waals surface area contributed by atoms with Crippen LogP contribution in [0, 0.1) is 10.1 Å². The van der Waals surface area contributed by atoms with E-state index in [2.05, 4.69) is 38.0 Å². The van der Waals surface area contributed by atoms with Crippen LogP contribution in [0.5, 0.6) is 5.75 Å². The third-order valence-electron chi connectivity index (χ3n) is 5.44. The van der Waals surface area contributed by atoms with Crippen molar-refractivity contribution < 1.29 is 19.6 Å². The van der Waals surface area contributed by atoms with Crippen molar-refractivity contribution in [3.8, 4) is 5.75 Å². The Balaban J connectivity index is 1.65. The highest BCUT2D eigenvalue weighted by molar-refractivity contribution is 9.10.